The first-order valence-electron chi connectivity index (χ1n) is 3.67. The van der Waals surface area contributed by atoms with Crippen molar-refractivity contribution in [2.24, 2.45) is 0 Å². The summed E-state index contributed by atoms with van der Waals surface area (Å²) >= 11 is 1.90. The van der Waals surface area contributed by atoms with Gasteiger partial charge in [-0.1, -0.05) is 6.92 Å². The minimum Gasteiger partial charge on any atom is -0.246 e. The number of halogens is 4. The van der Waals surface area contributed by atoms with Crippen molar-refractivity contribution < 1.29 is 13.2 Å². The van der Waals surface area contributed by atoms with Crippen molar-refractivity contribution in [1.29, 1.82) is 0 Å². The van der Waals surface area contributed by atoms with Crippen molar-refractivity contribution >= 4 is 22.6 Å². The number of aryl methyl sites for hydroxylation is 1. The number of pyridine rings is 1. The van der Waals surface area contributed by atoms with Gasteiger partial charge in [-0.25, -0.2) is 4.98 Å². The lowest BCUT2D eigenvalue weighted by Gasteiger charge is -2.10. The molecule has 0 aliphatic carbocycles. The van der Waals surface area contributed by atoms with E-state index >= 15 is 0 Å². The summed E-state index contributed by atoms with van der Waals surface area (Å²) in [4.78, 5) is 3.82. The van der Waals surface area contributed by atoms with Crippen molar-refractivity contribution in [2.45, 2.75) is 19.5 Å². The second-order valence-electron chi connectivity index (χ2n) is 2.48. The van der Waals surface area contributed by atoms with Crippen molar-refractivity contribution in [3.05, 3.63) is 27.1 Å². The van der Waals surface area contributed by atoms with Gasteiger partial charge in [-0.15, -0.1) is 0 Å². The fourth-order valence-electron chi connectivity index (χ4n) is 1.00. The number of hydrogen-bond donors (Lipinski definition) is 0. The van der Waals surface area contributed by atoms with Gasteiger partial charge in [0.25, 0.3) is 0 Å². The Morgan fingerprint density at radius 2 is 2.00 bits per heavy atom. The Morgan fingerprint density at radius 3 is 2.46 bits per heavy atom. The van der Waals surface area contributed by atoms with Gasteiger partial charge in [0, 0.05) is 0 Å². The van der Waals surface area contributed by atoms with Crippen LogP contribution in [0.15, 0.2) is 12.1 Å². The zero-order chi connectivity index (χ0) is 10.1. The van der Waals surface area contributed by atoms with Crippen LogP contribution in [0, 0.1) is 3.70 Å². The number of hydrogen-bond acceptors (Lipinski definition) is 1. The maximum atomic E-state index is 12.3. The first-order valence-corrected chi connectivity index (χ1v) is 4.75. The molecule has 1 nitrogen and oxygen atoms in total. The molecule has 0 N–H and O–H groups in total. The van der Waals surface area contributed by atoms with Crippen LogP contribution in [0.2, 0.25) is 0 Å². The van der Waals surface area contributed by atoms with Gasteiger partial charge in [0.05, 0.1) is 11.3 Å². The van der Waals surface area contributed by atoms with Crippen LogP contribution >= 0.6 is 22.6 Å². The van der Waals surface area contributed by atoms with Crippen LogP contribution < -0.4 is 0 Å². The Bertz CT molecular complexity index is 309. The molecule has 0 aliphatic heterocycles. The van der Waals surface area contributed by atoms with E-state index < -0.39 is 11.7 Å². The molecule has 0 aliphatic rings. The summed E-state index contributed by atoms with van der Waals surface area (Å²) in [6.45, 7) is 1.66. The summed E-state index contributed by atoms with van der Waals surface area (Å²) in [5.74, 6) is 0. The standard InChI is InChI=1S/C8H7F3IN/c1-2-6-5(8(9,10)11)3-4-7(12)13-6/h3-4H,2H2,1H3. The third-order valence-electron chi connectivity index (χ3n) is 1.58. The molecule has 0 amide bonds. The van der Waals surface area contributed by atoms with E-state index in [9.17, 15) is 13.2 Å². The maximum absolute atomic E-state index is 12.3. The molecule has 1 aromatic rings. The molecular formula is C8H7F3IN. The molecule has 0 atom stereocenters. The molecule has 0 fully saturated rings. The van der Waals surface area contributed by atoms with Crippen molar-refractivity contribution in [3.8, 4) is 0 Å². The van der Waals surface area contributed by atoms with E-state index in [0.29, 0.717) is 10.1 Å². The second kappa shape index (κ2) is 3.81. The highest BCUT2D eigenvalue weighted by Crippen LogP contribution is 2.31. The lowest BCUT2D eigenvalue weighted by molar-refractivity contribution is -0.138. The fourth-order valence-corrected chi connectivity index (χ4v) is 1.47. The second-order valence-corrected chi connectivity index (χ2v) is 3.58. The molecule has 1 aromatic heterocycles. The van der Waals surface area contributed by atoms with Crippen LogP contribution in [0.1, 0.15) is 18.2 Å². The van der Waals surface area contributed by atoms with Gasteiger partial charge in [-0.05, 0) is 41.1 Å². The first-order chi connectivity index (χ1) is 5.95. The summed E-state index contributed by atoms with van der Waals surface area (Å²) in [6.07, 6.45) is -3.99. The van der Waals surface area contributed by atoms with Gasteiger partial charge in [-0.3, -0.25) is 0 Å². The van der Waals surface area contributed by atoms with E-state index in [1.807, 2.05) is 22.6 Å². The Morgan fingerprint density at radius 1 is 1.38 bits per heavy atom. The summed E-state index contributed by atoms with van der Waals surface area (Å²) in [7, 11) is 0. The number of alkyl halides is 3. The predicted octanol–water partition coefficient (Wildman–Crippen LogP) is 3.27. The molecule has 13 heavy (non-hydrogen) atoms. The van der Waals surface area contributed by atoms with Crippen LogP contribution in [0.4, 0.5) is 13.2 Å². The molecule has 1 rings (SSSR count). The molecule has 0 unspecified atom stereocenters. The summed E-state index contributed by atoms with van der Waals surface area (Å²) in [6, 6.07) is 2.44. The zero-order valence-corrected chi connectivity index (χ0v) is 8.98. The van der Waals surface area contributed by atoms with Crippen molar-refractivity contribution in [3.63, 3.8) is 0 Å². The van der Waals surface area contributed by atoms with E-state index in [1.54, 1.807) is 6.92 Å². The SMILES string of the molecule is CCc1nc(I)ccc1C(F)(F)F. The van der Waals surface area contributed by atoms with Crippen LogP contribution in [0.3, 0.4) is 0 Å². The highest BCUT2D eigenvalue weighted by molar-refractivity contribution is 14.1. The van der Waals surface area contributed by atoms with Gasteiger partial charge in [0.2, 0.25) is 0 Å². The predicted molar refractivity (Wildman–Crippen MR) is 51.3 cm³/mol. The minimum absolute atomic E-state index is 0.111. The van der Waals surface area contributed by atoms with E-state index in [1.165, 1.54) is 6.07 Å². The first kappa shape index (κ1) is 10.7. The van der Waals surface area contributed by atoms with Gasteiger partial charge in [0.15, 0.2) is 0 Å². The zero-order valence-electron chi connectivity index (χ0n) is 6.82. The van der Waals surface area contributed by atoms with Crippen molar-refractivity contribution in [2.75, 3.05) is 0 Å². The molecule has 0 bridgehead atoms. The van der Waals surface area contributed by atoms with E-state index in [0.717, 1.165) is 6.07 Å². The van der Waals surface area contributed by atoms with Crippen molar-refractivity contribution in [1.82, 2.24) is 4.98 Å². The minimum atomic E-state index is -4.29. The topological polar surface area (TPSA) is 12.9 Å². The summed E-state index contributed by atoms with van der Waals surface area (Å²) in [5, 5.41) is 0. The molecule has 0 aromatic carbocycles. The molecule has 72 valence electrons. The lowest BCUT2D eigenvalue weighted by atomic mass is 10.1. The Labute approximate surface area is 87.5 Å². The summed E-state index contributed by atoms with van der Waals surface area (Å²) in [5.41, 5.74) is -0.519. The normalized spacial score (nSPS) is 11.8. The molecule has 1 heterocycles. The van der Waals surface area contributed by atoms with Crippen LogP contribution in [0.5, 0.6) is 0 Å². The lowest BCUT2D eigenvalue weighted by Crippen LogP contribution is -2.10. The molecular weight excluding hydrogens is 294 g/mol. The molecule has 0 spiro atoms. The van der Waals surface area contributed by atoms with Crippen LogP contribution in [-0.4, -0.2) is 4.98 Å². The number of aromatic nitrogens is 1. The third-order valence-corrected chi connectivity index (χ3v) is 2.18. The van der Waals surface area contributed by atoms with Crippen LogP contribution in [-0.2, 0) is 12.6 Å². The third kappa shape index (κ3) is 2.55. The highest BCUT2D eigenvalue weighted by atomic mass is 127. The molecule has 5 heteroatoms. The largest absolute Gasteiger partial charge is 0.418 e. The Kier molecular flexibility index (Phi) is 3.15. The fraction of sp³-hybridized carbons (Fsp3) is 0.375. The molecule has 0 saturated heterocycles. The molecule has 0 saturated carbocycles. The Hall–Kier alpha value is -0.330. The van der Waals surface area contributed by atoms with Gasteiger partial charge in [-0.2, -0.15) is 13.2 Å². The smallest absolute Gasteiger partial charge is 0.246 e. The number of nitrogens with zero attached hydrogens (tertiary/aromatic N) is 1. The van der Waals surface area contributed by atoms with Gasteiger partial charge >= 0.3 is 6.18 Å². The average molecular weight is 301 g/mol. The van der Waals surface area contributed by atoms with E-state index in [2.05, 4.69) is 4.98 Å². The van der Waals surface area contributed by atoms with Crippen LogP contribution in [0.25, 0.3) is 0 Å². The summed E-state index contributed by atoms with van der Waals surface area (Å²) < 4.78 is 37.6. The average Bonchev–Trinajstić information content (AvgIpc) is 2.01. The van der Waals surface area contributed by atoms with E-state index in [4.69, 9.17) is 0 Å². The maximum Gasteiger partial charge on any atom is 0.418 e. The van der Waals surface area contributed by atoms with Gasteiger partial charge in [0.1, 0.15) is 3.70 Å². The molecule has 0 radical (unpaired) electrons. The monoisotopic (exact) mass is 301 g/mol. The highest BCUT2D eigenvalue weighted by Gasteiger charge is 2.33. The quantitative estimate of drug-likeness (QED) is 0.573. The van der Waals surface area contributed by atoms with E-state index in [-0.39, 0.29) is 5.69 Å². The van der Waals surface area contributed by atoms with Gasteiger partial charge < -0.3 is 0 Å². The Balaban J connectivity index is 3.22. The number of rotatable bonds is 1.